The molecule has 6 atom stereocenters. The van der Waals surface area contributed by atoms with E-state index in [1.54, 1.807) is 38.4 Å². The summed E-state index contributed by atoms with van der Waals surface area (Å²) >= 11 is 0. The number of aliphatic hydroxyl groups excluding tert-OH is 1. The van der Waals surface area contributed by atoms with Gasteiger partial charge in [-0.25, -0.2) is 0 Å². The first-order valence-electron chi connectivity index (χ1n) is 11.6. The van der Waals surface area contributed by atoms with Gasteiger partial charge in [-0.15, -0.1) is 0 Å². The second-order valence-corrected chi connectivity index (χ2v) is 9.10. The standard InChI is InChI=1S/C25H35N3O5/c1-6-15-7-12-18-21(20(15)23(30)26-4)25(32)28(19(13-29)14(2)3)22(18)24(31)27-16-8-10-17(33-5)11-9-16/h7-12,14-15,18-22,29H,6,13H2,1-5H3,(H,26,30)(H,27,31)/t15-,18+,19+,20-,21-,22+/m1/s1. The zero-order valence-electron chi connectivity index (χ0n) is 19.9. The van der Waals surface area contributed by atoms with Crippen LogP contribution in [0.15, 0.2) is 36.4 Å². The number of ether oxygens (including phenoxy) is 1. The monoisotopic (exact) mass is 457 g/mol. The maximum atomic E-state index is 13.8. The molecule has 33 heavy (non-hydrogen) atoms. The average Bonchev–Trinajstić information content (AvgIpc) is 3.11. The molecule has 0 aromatic heterocycles. The third-order valence-corrected chi connectivity index (χ3v) is 7.01. The number of hydrogen-bond donors (Lipinski definition) is 3. The summed E-state index contributed by atoms with van der Waals surface area (Å²) < 4.78 is 5.17. The number of anilines is 1. The summed E-state index contributed by atoms with van der Waals surface area (Å²) in [6.45, 7) is 5.55. The van der Waals surface area contributed by atoms with Crippen LogP contribution in [0, 0.1) is 29.6 Å². The molecule has 1 fully saturated rings. The van der Waals surface area contributed by atoms with Gasteiger partial charge < -0.3 is 25.4 Å². The number of likely N-dealkylation sites (tertiary alicyclic amines) is 1. The first kappa shape index (κ1) is 24.8. The first-order valence-corrected chi connectivity index (χ1v) is 11.6. The lowest BCUT2D eigenvalue weighted by molar-refractivity contribution is -0.143. The van der Waals surface area contributed by atoms with Crippen molar-refractivity contribution >= 4 is 23.4 Å². The molecule has 1 saturated heterocycles. The number of amides is 3. The van der Waals surface area contributed by atoms with E-state index in [-0.39, 0.29) is 36.2 Å². The summed E-state index contributed by atoms with van der Waals surface area (Å²) in [5.74, 6) is -1.96. The van der Waals surface area contributed by atoms with E-state index in [9.17, 15) is 19.5 Å². The molecular weight excluding hydrogens is 422 g/mol. The van der Waals surface area contributed by atoms with Crippen LogP contribution in [0.3, 0.4) is 0 Å². The Hall–Kier alpha value is -2.87. The molecule has 8 heteroatoms. The molecule has 3 rings (SSSR count). The summed E-state index contributed by atoms with van der Waals surface area (Å²) in [4.78, 5) is 41.7. The molecule has 180 valence electrons. The van der Waals surface area contributed by atoms with E-state index < -0.39 is 29.8 Å². The average molecular weight is 458 g/mol. The van der Waals surface area contributed by atoms with Crippen LogP contribution in [0.4, 0.5) is 5.69 Å². The van der Waals surface area contributed by atoms with Crippen molar-refractivity contribution in [1.82, 2.24) is 10.2 Å². The highest BCUT2D eigenvalue weighted by Gasteiger charge is 2.58. The minimum atomic E-state index is -0.828. The summed E-state index contributed by atoms with van der Waals surface area (Å²) in [5.41, 5.74) is 0.579. The largest absolute Gasteiger partial charge is 0.497 e. The molecule has 0 saturated carbocycles. The van der Waals surface area contributed by atoms with Gasteiger partial charge in [0.1, 0.15) is 11.8 Å². The van der Waals surface area contributed by atoms with Gasteiger partial charge in [-0.2, -0.15) is 0 Å². The van der Waals surface area contributed by atoms with E-state index in [1.165, 1.54) is 4.90 Å². The highest BCUT2D eigenvalue weighted by Crippen LogP contribution is 2.46. The van der Waals surface area contributed by atoms with Gasteiger partial charge in [0.05, 0.1) is 31.6 Å². The molecule has 3 N–H and O–H groups in total. The maximum absolute atomic E-state index is 13.8. The van der Waals surface area contributed by atoms with Crippen LogP contribution in [0.5, 0.6) is 5.75 Å². The van der Waals surface area contributed by atoms with Crippen LogP contribution in [-0.4, -0.2) is 60.6 Å². The van der Waals surface area contributed by atoms with Crippen molar-refractivity contribution in [1.29, 1.82) is 0 Å². The fourth-order valence-electron chi connectivity index (χ4n) is 5.23. The molecule has 0 bridgehead atoms. The van der Waals surface area contributed by atoms with Crippen molar-refractivity contribution in [2.24, 2.45) is 29.6 Å². The van der Waals surface area contributed by atoms with Gasteiger partial charge in [-0.3, -0.25) is 14.4 Å². The number of fused-ring (bicyclic) bond motifs is 1. The summed E-state index contributed by atoms with van der Waals surface area (Å²) in [7, 11) is 3.14. The fourth-order valence-corrected chi connectivity index (χ4v) is 5.23. The number of aliphatic hydroxyl groups is 1. The van der Waals surface area contributed by atoms with Gasteiger partial charge in [0, 0.05) is 18.7 Å². The third-order valence-electron chi connectivity index (χ3n) is 7.01. The van der Waals surface area contributed by atoms with E-state index in [4.69, 9.17) is 4.74 Å². The van der Waals surface area contributed by atoms with Gasteiger partial charge in [0.2, 0.25) is 17.7 Å². The molecule has 3 amide bonds. The number of nitrogens with one attached hydrogen (secondary N) is 2. The van der Waals surface area contributed by atoms with E-state index in [0.29, 0.717) is 17.9 Å². The maximum Gasteiger partial charge on any atom is 0.247 e. The molecule has 1 aromatic rings. The Bertz CT molecular complexity index is 898. The predicted molar refractivity (Wildman–Crippen MR) is 125 cm³/mol. The number of carbonyl (C=O) groups excluding carboxylic acids is 3. The van der Waals surface area contributed by atoms with Crippen molar-refractivity contribution in [3.8, 4) is 5.75 Å². The van der Waals surface area contributed by atoms with E-state index in [2.05, 4.69) is 10.6 Å². The van der Waals surface area contributed by atoms with Gasteiger partial charge in [-0.1, -0.05) is 32.9 Å². The molecular formula is C25H35N3O5. The van der Waals surface area contributed by atoms with E-state index >= 15 is 0 Å². The highest BCUT2D eigenvalue weighted by atomic mass is 16.5. The Morgan fingerprint density at radius 2 is 1.82 bits per heavy atom. The molecule has 0 spiro atoms. The van der Waals surface area contributed by atoms with Gasteiger partial charge in [-0.05, 0) is 42.5 Å². The van der Waals surface area contributed by atoms with Crippen LogP contribution in [0.2, 0.25) is 0 Å². The quantitative estimate of drug-likeness (QED) is 0.518. The van der Waals surface area contributed by atoms with Gasteiger partial charge >= 0.3 is 0 Å². The summed E-state index contributed by atoms with van der Waals surface area (Å²) in [6.07, 6.45) is 4.60. The number of nitrogens with zero attached hydrogens (tertiary/aromatic N) is 1. The Labute approximate surface area is 195 Å². The lowest BCUT2D eigenvalue weighted by atomic mass is 9.69. The Kier molecular flexibility index (Phi) is 7.79. The number of methoxy groups -OCH3 is 1. The van der Waals surface area contributed by atoms with Crippen molar-refractivity contribution in [2.45, 2.75) is 39.3 Å². The van der Waals surface area contributed by atoms with Crippen molar-refractivity contribution in [3.63, 3.8) is 0 Å². The van der Waals surface area contributed by atoms with E-state index in [1.807, 2.05) is 32.9 Å². The van der Waals surface area contributed by atoms with Crippen LogP contribution in [-0.2, 0) is 14.4 Å². The molecule has 0 radical (unpaired) electrons. The molecule has 1 aliphatic carbocycles. The van der Waals surface area contributed by atoms with Crippen LogP contribution in [0.1, 0.15) is 27.2 Å². The molecule has 1 aliphatic heterocycles. The molecule has 0 unspecified atom stereocenters. The minimum Gasteiger partial charge on any atom is -0.497 e. The topological polar surface area (TPSA) is 108 Å². The normalized spacial score (nSPS) is 27.3. The van der Waals surface area contributed by atoms with Crippen LogP contribution >= 0.6 is 0 Å². The number of allylic oxidation sites excluding steroid dienone is 1. The number of benzene rings is 1. The zero-order chi connectivity index (χ0) is 24.3. The number of rotatable bonds is 8. The Balaban J connectivity index is 2.02. The predicted octanol–water partition coefficient (Wildman–Crippen LogP) is 2.05. The smallest absolute Gasteiger partial charge is 0.247 e. The second kappa shape index (κ2) is 10.4. The Morgan fingerprint density at radius 1 is 1.15 bits per heavy atom. The van der Waals surface area contributed by atoms with Gasteiger partial charge in [0.15, 0.2) is 0 Å². The van der Waals surface area contributed by atoms with Crippen LogP contribution in [0.25, 0.3) is 0 Å². The molecule has 1 aromatic carbocycles. The first-order chi connectivity index (χ1) is 15.8. The van der Waals surface area contributed by atoms with Crippen molar-refractivity contribution < 1.29 is 24.2 Å². The van der Waals surface area contributed by atoms with E-state index in [0.717, 1.165) is 0 Å². The van der Waals surface area contributed by atoms with Crippen molar-refractivity contribution in [3.05, 3.63) is 36.4 Å². The SMILES string of the molecule is CC[C@@H]1C=C[C@H]2[C@@H](C(=O)N([C@@H](CO)C(C)C)[C@@H]2C(=O)Nc2ccc(OC)cc2)[C@@H]1C(=O)NC. The van der Waals surface area contributed by atoms with Crippen LogP contribution < -0.4 is 15.4 Å². The molecule has 1 heterocycles. The molecule has 8 nitrogen and oxygen atoms in total. The second-order valence-electron chi connectivity index (χ2n) is 9.10. The third kappa shape index (κ3) is 4.62. The fraction of sp³-hybridized carbons (Fsp3) is 0.560. The number of hydrogen-bond acceptors (Lipinski definition) is 5. The molecule has 2 aliphatic rings. The summed E-state index contributed by atoms with van der Waals surface area (Å²) in [5, 5.41) is 15.8. The lowest BCUT2D eigenvalue weighted by Gasteiger charge is -2.35. The zero-order valence-corrected chi connectivity index (χ0v) is 19.9. The highest BCUT2D eigenvalue weighted by molar-refractivity contribution is 6.02. The minimum absolute atomic E-state index is 0.0696. The number of carbonyl (C=O) groups is 3. The van der Waals surface area contributed by atoms with Crippen molar-refractivity contribution in [2.75, 3.05) is 26.1 Å². The lowest BCUT2D eigenvalue weighted by Crippen LogP contribution is -2.52. The summed E-state index contributed by atoms with van der Waals surface area (Å²) in [6, 6.07) is 5.60. The Morgan fingerprint density at radius 3 is 2.33 bits per heavy atom. The van der Waals surface area contributed by atoms with Gasteiger partial charge in [0.25, 0.3) is 0 Å².